The van der Waals surface area contributed by atoms with Gasteiger partial charge in [0.1, 0.15) is 0 Å². The summed E-state index contributed by atoms with van der Waals surface area (Å²) in [6, 6.07) is 0.445. The Bertz CT molecular complexity index is 406. The lowest BCUT2D eigenvalue weighted by atomic mass is 9.57. The summed E-state index contributed by atoms with van der Waals surface area (Å²) in [6.07, 6.45) is 2.63. The number of hydrogen-bond donors (Lipinski definition) is 2. The Hall–Kier alpha value is -0.120. The van der Waals surface area contributed by atoms with E-state index in [1.807, 2.05) is 7.05 Å². The molecule has 7 heteroatoms. The number of fused-ring (bicyclic) bond motifs is 1. The van der Waals surface area contributed by atoms with Crippen LogP contribution in [-0.4, -0.2) is 77.1 Å². The van der Waals surface area contributed by atoms with E-state index >= 15 is 0 Å². The molecule has 0 aromatic carbocycles. The fraction of sp³-hybridized carbons (Fsp3) is 0.941. The summed E-state index contributed by atoms with van der Waals surface area (Å²) in [4.78, 5) is 6.69. The molecule has 0 bridgehead atoms. The molecule has 0 amide bonds. The van der Waals surface area contributed by atoms with Crippen LogP contribution >= 0.6 is 24.0 Å². The Balaban J connectivity index is 0.00000288. The van der Waals surface area contributed by atoms with Crippen LogP contribution in [0.3, 0.4) is 0 Å². The van der Waals surface area contributed by atoms with Crippen molar-refractivity contribution in [2.75, 3.05) is 54.1 Å². The Morgan fingerprint density at radius 1 is 1.38 bits per heavy atom. The van der Waals surface area contributed by atoms with Crippen LogP contribution in [0, 0.1) is 11.3 Å². The van der Waals surface area contributed by atoms with Crippen LogP contribution in [-0.2, 0) is 9.47 Å². The molecular weight excluding hydrogens is 419 g/mol. The molecule has 0 aromatic heterocycles. The highest BCUT2D eigenvalue weighted by Crippen LogP contribution is 2.51. The van der Waals surface area contributed by atoms with E-state index in [2.05, 4.69) is 41.4 Å². The number of nitrogens with zero attached hydrogens (tertiary/aromatic N) is 2. The van der Waals surface area contributed by atoms with E-state index in [4.69, 9.17) is 9.47 Å². The van der Waals surface area contributed by atoms with E-state index in [0.717, 1.165) is 51.6 Å². The highest BCUT2D eigenvalue weighted by Gasteiger charge is 2.59. The zero-order valence-corrected chi connectivity index (χ0v) is 18.1. The maximum absolute atomic E-state index is 5.85. The number of nitrogens with one attached hydrogen (secondary N) is 2. The molecule has 0 aromatic rings. The molecule has 2 fully saturated rings. The first kappa shape index (κ1) is 21.9. The number of hydrogen-bond acceptors (Lipinski definition) is 4. The summed E-state index contributed by atoms with van der Waals surface area (Å²) in [5.74, 6) is 1.53. The van der Waals surface area contributed by atoms with Crippen LogP contribution in [0.25, 0.3) is 0 Å². The third kappa shape index (κ3) is 5.19. The number of rotatable bonds is 8. The molecule has 1 saturated carbocycles. The van der Waals surface area contributed by atoms with Gasteiger partial charge in [-0.15, -0.1) is 24.0 Å². The third-order valence-electron chi connectivity index (χ3n) is 5.29. The summed E-state index contributed by atoms with van der Waals surface area (Å²) in [5, 5.41) is 7.04. The van der Waals surface area contributed by atoms with Crippen molar-refractivity contribution in [3.63, 3.8) is 0 Å². The molecule has 2 N–H and O–H groups in total. The lowest BCUT2D eigenvalue weighted by molar-refractivity contribution is -0.106. The van der Waals surface area contributed by atoms with Gasteiger partial charge in [-0.05, 0) is 19.9 Å². The van der Waals surface area contributed by atoms with E-state index < -0.39 is 0 Å². The molecule has 1 saturated heterocycles. The lowest BCUT2D eigenvalue weighted by Gasteiger charge is -2.54. The molecule has 2 rings (SSSR count). The van der Waals surface area contributed by atoms with Gasteiger partial charge >= 0.3 is 0 Å². The van der Waals surface area contributed by atoms with Crippen molar-refractivity contribution < 1.29 is 9.47 Å². The summed E-state index contributed by atoms with van der Waals surface area (Å²) in [5.41, 5.74) is 0.176. The van der Waals surface area contributed by atoms with Gasteiger partial charge in [0.05, 0.1) is 6.10 Å². The molecule has 1 aliphatic carbocycles. The predicted octanol–water partition coefficient (Wildman–Crippen LogP) is 1.55. The number of ether oxygens (including phenoxy) is 2. The second-order valence-electron chi connectivity index (χ2n) is 7.34. The van der Waals surface area contributed by atoms with Gasteiger partial charge in [0.25, 0.3) is 0 Å². The number of aliphatic imine (C=N–C) groups is 1. The smallest absolute Gasteiger partial charge is 0.191 e. The van der Waals surface area contributed by atoms with Gasteiger partial charge in [0.2, 0.25) is 0 Å². The van der Waals surface area contributed by atoms with Gasteiger partial charge in [-0.25, -0.2) is 0 Å². The van der Waals surface area contributed by atoms with Crippen LogP contribution in [0.15, 0.2) is 4.99 Å². The van der Waals surface area contributed by atoms with Gasteiger partial charge in [-0.3, -0.25) is 4.99 Å². The Labute approximate surface area is 164 Å². The van der Waals surface area contributed by atoms with E-state index in [1.165, 1.54) is 0 Å². The van der Waals surface area contributed by atoms with Crippen molar-refractivity contribution >= 4 is 29.9 Å². The molecule has 142 valence electrons. The molecular formula is C17H35IN4O2. The van der Waals surface area contributed by atoms with Gasteiger partial charge in [-0.1, -0.05) is 13.8 Å². The molecule has 2 aliphatic rings. The van der Waals surface area contributed by atoms with Crippen molar-refractivity contribution in [3.8, 4) is 0 Å². The molecule has 0 radical (unpaired) electrons. The monoisotopic (exact) mass is 454 g/mol. The van der Waals surface area contributed by atoms with Crippen molar-refractivity contribution in [2.45, 2.75) is 38.8 Å². The van der Waals surface area contributed by atoms with E-state index in [9.17, 15) is 0 Å². The average Bonchev–Trinajstić information content (AvgIpc) is 2.97. The Morgan fingerprint density at radius 3 is 2.79 bits per heavy atom. The first-order valence-electron chi connectivity index (χ1n) is 8.77. The Kier molecular flexibility index (Phi) is 9.25. The largest absolute Gasteiger partial charge is 0.385 e. The zero-order chi connectivity index (χ0) is 16.9. The van der Waals surface area contributed by atoms with Crippen LogP contribution in [0.1, 0.15) is 26.7 Å². The van der Waals surface area contributed by atoms with Gasteiger partial charge in [-0.2, -0.15) is 0 Å². The number of halogens is 1. The first-order chi connectivity index (χ1) is 11.0. The van der Waals surface area contributed by atoms with E-state index in [0.29, 0.717) is 18.1 Å². The highest BCUT2D eigenvalue weighted by atomic mass is 127. The summed E-state index contributed by atoms with van der Waals surface area (Å²) < 4.78 is 10.9. The van der Waals surface area contributed by atoms with Crippen LogP contribution < -0.4 is 10.6 Å². The highest BCUT2D eigenvalue weighted by molar-refractivity contribution is 14.0. The minimum absolute atomic E-state index is 0. The second-order valence-corrected chi connectivity index (χ2v) is 7.34. The fourth-order valence-electron chi connectivity index (χ4n) is 3.91. The second kappa shape index (κ2) is 10.1. The molecule has 3 unspecified atom stereocenters. The minimum atomic E-state index is 0. The predicted molar refractivity (Wildman–Crippen MR) is 109 cm³/mol. The molecule has 1 heterocycles. The van der Waals surface area contributed by atoms with E-state index in [1.54, 1.807) is 7.11 Å². The minimum Gasteiger partial charge on any atom is -0.385 e. The van der Waals surface area contributed by atoms with Crippen molar-refractivity contribution in [1.29, 1.82) is 0 Å². The number of guanidine groups is 1. The SMILES string of the molecule is CN=C(NCCN(C)CCCOC)NC1C2CCOC2C1(C)C.I. The van der Waals surface area contributed by atoms with Crippen LogP contribution in [0.5, 0.6) is 0 Å². The van der Waals surface area contributed by atoms with Gasteiger partial charge in [0, 0.05) is 64.4 Å². The maximum atomic E-state index is 5.85. The van der Waals surface area contributed by atoms with Gasteiger partial charge < -0.3 is 25.0 Å². The van der Waals surface area contributed by atoms with Crippen LogP contribution in [0.2, 0.25) is 0 Å². The molecule has 6 nitrogen and oxygen atoms in total. The zero-order valence-electron chi connectivity index (χ0n) is 15.8. The standard InChI is InChI=1S/C17H34N4O2.HI/c1-17(2)14(13-7-12-23-15(13)17)20-16(18-3)19-8-10-21(4)9-6-11-22-5;/h13-15H,6-12H2,1-5H3,(H2,18,19,20);1H. The first-order valence-corrected chi connectivity index (χ1v) is 8.77. The van der Waals surface area contributed by atoms with E-state index in [-0.39, 0.29) is 29.4 Å². The summed E-state index contributed by atoms with van der Waals surface area (Å²) >= 11 is 0. The summed E-state index contributed by atoms with van der Waals surface area (Å²) in [6.45, 7) is 9.23. The molecule has 3 atom stereocenters. The lowest BCUT2D eigenvalue weighted by Crippen LogP contribution is -2.68. The van der Waals surface area contributed by atoms with Crippen molar-refractivity contribution in [2.24, 2.45) is 16.3 Å². The maximum Gasteiger partial charge on any atom is 0.191 e. The van der Waals surface area contributed by atoms with Gasteiger partial charge in [0.15, 0.2) is 5.96 Å². The number of methoxy groups -OCH3 is 1. The molecule has 1 aliphatic heterocycles. The topological polar surface area (TPSA) is 58.1 Å². The van der Waals surface area contributed by atoms with Crippen molar-refractivity contribution in [3.05, 3.63) is 0 Å². The summed E-state index contributed by atoms with van der Waals surface area (Å²) in [7, 11) is 5.73. The quantitative estimate of drug-likeness (QED) is 0.252. The fourth-order valence-corrected chi connectivity index (χ4v) is 3.91. The van der Waals surface area contributed by atoms with Crippen LogP contribution in [0.4, 0.5) is 0 Å². The molecule has 0 spiro atoms. The number of likely N-dealkylation sites (N-methyl/N-ethyl adjacent to an activating group) is 1. The normalized spacial score (nSPS) is 28.1. The molecule has 24 heavy (non-hydrogen) atoms. The Morgan fingerprint density at radius 2 is 2.12 bits per heavy atom. The van der Waals surface area contributed by atoms with Crippen molar-refractivity contribution in [1.82, 2.24) is 15.5 Å². The third-order valence-corrected chi connectivity index (χ3v) is 5.29. The average molecular weight is 454 g/mol.